The van der Waals surface area contributed by atoms with E-state index in [9.17, 15) is 4.79 Å². The molecule has 0 unspecified atom stereocenters. The molecule has 0 aliphatic carbocycles. The van der Waals surface area contributed by atoms with Crippen molar-refractivity contribution in [3.05, 3.63) is 59.1 Å². The van der Waals surface area contributed by atoms with Gasteiger partial charge in [0.15, 0.2) is 0 Å². The van der Waals surface area contributed by atoms with E-state index in [0.29, 0.717) is 23.0 Å². The number of nitriles is 1. The highest BCUT2D eigenvalue weighted by Crippen LogP contribution is 2.28. The number of para-hydroxylation sites is 2. The van der Waals surface area contributed by atoms with Gasteiger partial charge < -0.3 is 15.0 Å². The number of nitrogens with zero attached hydrogens (tertiary/aromatic N) is 2. The number of hydrogen-bond acceptors (Lipinski definition) is 4. The standard InChI is InChI=1S/C20H22ClN3O2/c1-15(16-8-3-4-9-17(16)21)23-14-20(25)24(13-7-12-22)18-10-5-6-11-19(18)26-2/h3-6,8-11,15,23H,7,13-14H2,1-2H3/t15-/m0/s1. The maximum absolute atomic E-state index is 12.8. The van der Waals surface area contributed by atoms with E-state index < -0.39 is 0 Å². The number of hydrogen-bond donors (Lipinski definition) is 1. The van der Waals surface area contributed by atoms with Crippen LogP contribution in [0.3, 0.4) is 0 Å². The molecule has 0 fully saturated rings. The lowest BCUT2D eigenvalue weighted by molar-refractivity contribution is -0.117. The van der Waals surface area contributed by atoms with E-state index in [2.05, 4.69) is 11.4 Å². The first-order valence-corrected chi connectivity index (χ1v) is 8.74. The van der Waals surface area contributed by atoms with Gasteiger partial charge in [-0.3, -0.25) is 4.79 Å². The van der Waals surface area contributed by atoms with Crippen LogP contribution in [0, 0.1) is 11.3 Å². The number of methoxy groups -OCH3 is 1. The van der Waals surface area contributed by atoms with E-state index in [1.165, 1.54) is 0 Å². The molecule has 2 rings (SSSR count). The molecule has 0 spiro atoms. The number of nitrogens with one attached hydrogen (secondary N) is 1. The Morgan fingerprint density at radius 3 is 2.65 bits per heavy atom. The monoisotopic (exact) mass is 371 g/mol. The number of halogens is 1. The Morgan fingerprint density at radius 2 is 1.96 bits per heavy atom. The van der Waals surface area contributed by atoms with Gasteiger partial charge in [0.1, 0.15) is 5.75 Å². The van der Waals surface area contributed by atoms with Crippen LogP contribution < -0.4 is 15.0 Å². The highest BCUT2D eigenvalue weighted by molar-refractivity contribution is 6.31. The van der Waals surface area contributed by atoms with Gasteiger partial charge in [-0.05, 0) is 30.7 Å². The summed E-state index contributed by atoms with van der Waals surface area (Å²) in [5, 5.41) is 12.8. The highest BCUT2D eigenvalue weighted by Gasteiger charge is 2.20. The van der Waals surface area contributed by atoms with Crippen LogP contribution in [0.1, 0.15) is 24.9 Å². The molecule has 0 aromatic heterocycles. The fourth-order valence-electron chi connectivity index (χ4n) is 2.67. The summed E-state index contributed by atoms with van der Waals surface area (Å²) in [7, 11) is 1.56. The molecule has 1 N–H and O–H groups in total. The number of ether oxygens (including phenoxy) is 1. The maximum Gasteiger partial charge on any atom is 0.241 e. The van der Waals surface area contributed by atoms with E-state index in [4.69, 9.17) is 21.6 Å². The molecule has 1 amide bonds. The average molecular weight is 372 g/mol. The van der Waals surface area contributed by atoms with E-state index >= 15 is 0 Å². The van der Waals surface area contributed by atoms with Gasteiger partial charge in [0.25, 0.3) is 0 Å². The summed E-state index contributed by atoms with van der Waals surface area (Å²) in [6, 6.07) is 16.8. The highest BCUT2D eigenvalue weighted by atomic mass is 35.5. The Bertz CT molecular complexity index is 789. The maximum atomic E-state index is 12.8. The van der Waals surface area contributed by atoms with Gasteiger partial charge in [-0.2, -0.15) is 5.26 Å². The van der Waals surface area contributed by atoms with Crippen LogP contribution in [-0.4, -0.2) is 26.1 Å². The summed E-state index contributed by atoms with van der Waals surface area (Å²) in [5.74, 6) is 0.460. The van der Waals surface area contributed by atoms with Crippen molar-refractivity contribution in [3.63, 3.8) is 0 Å². The van der Waals surface area contributed by atoms with Crippen molar-refractivity contribution < 1.29 is 9.53 Å². The van der Waals surface area contributed by atoms with Gasteiger partial charge in [-0.25, -0.2) is 0 Å². The molecule has 0 aliphatic heterocycles. The second-order valence-corrected chi connectivity index (χ2v) is 6.16. The van der Waals surface area contributed by atoms with Crippen molar-refractivity contribution in [1.82, 2.24) is 5.32 Å². The Morgan fingerprint density at radius 1 is 1.27 bits per heavy atom. The molecule has 1 atom stereocenters. The molecule has 0 heterocycles. The van der Waals surface area contributed by atoms with Crippen molar-refractivity contribution in [1.29, 1.82) is 5.26 Å². The third-order valence-electron chi connectivity index (χ3n) is 4.06. The zero-order chi connectivity index (χ0) is 18.9. The predicted molar refractivity (Wildman–Crippen MR) is 103 cm³/mol. The van der Waals surface area contributed by atoms with Crippen LogP contribution >= 0.6 is 11.6 Å². The van der Waals surface area contributed by atoms with Gasteiger partial charge >= 0.3 is 0 Å². The molecule has 6 heteroatoms. The normalized spacial score (nSPS) is 11.5. The van der Waals surface area contributed by atoms with Crippen LogP contribution in [0.15, 0.2) is 48.5 Å². The SMILES string of the molecule is COc1ccccc1N(CCC#N)C(=O)CN[C@@H](C)c1ccccc1Cl. The quantitative estimate of drug-likeness (QED) is 0.763. The lowest BCUT2D eigenvalue weighted by Gasteiger charge is -2.25. The largest absolute Gasteiger partial charge is 0.495 e. The van der Waals surface area contributed by atoms with Crippen LogP contribution in [-0.2, 0) is 4.79 Å². The van der Waals surface area contributed by atoms with Gasteiger partial charge in [-0.1, -0.05) is 41.9 Å². The minimum Gasteiger partial charge on any atom is -0.495 e. The zero-order valence-electron chi connectivity index (χ0n) is 14.9. The second kappa shape index (κ2) is 9.81. The molecular weight excluding hydrogens is 350 g/mol. The van der Waals surface area contributed by atoms with Gasteiger partial charge in [0.05, 0.1) is 31.8 Å². The molecule has 0 radical (unpaired) electrons. The molecule has 2 aromatic carbocycles. The topological polar surface area (TPSA) is 65.4 Å². The Kier molecular flexibility index (Phi) is 7.46. The molecule has 0 saturated heterocycles. The Hall–Kier alpha value is -2.55. The molecule has 136 valence electrons. The van der Waals surface area contributed by atoms with Gasteiger partial charge in [-0.15, -0.1) is 0 Å². The third-order valence-corrected chi connectivity index (χ3v) is 4.40. The van der Waals surface area contributed by atoms with Crippen LogP contribution in [0.4, 0.5) is 5.69 Å². The fraction of sp³-hybridized carbons (Fsp3) is 0.300. The van der Waals surface area contributed by atoms with E-state index in [0.717, 1.165) is 5.56 Å². The minimum absolute atomic E-state index is 0.0804. The minimum atomic E-state index is -0.136. The molecule has 26 heavy (non-hydrogen) atoms. The van der Waals surface area contributed by atoms with Crippen LogP contribution in [0.2, 0.25) is 5.02 Å². The number of carbonyl (C=O) groups is 1. The predicted octanol–water partition coefficient (Wildman–Crippen LogP) is 3.95. The summed E-state index contributed by atoms with van der Waals surface area (Å²) in [5.41, 5.74) is 1.59. The summed E-state index contributed by atoms with van der Waals surface area (Å²) in [6.07, 6.45) is 0.240. The van der Waals surface area contributed by atoms with Crippen molar-refractivity contribution in [2.45, 2.75) is 19.4 Å². The van der Waals surface area contributed by atoms with Gasteiger partial charge in [0, 0.05) is 17.6 Å². The Balaban J connectivity index is 2.12. The number of anilines is 1. The smallest absolute Gasteiger partial charge is 0.241 e. The number of amides is 1. The Labute approximate surface area is 159 Å². The average Bonchev–Trinajstić information content (AvgIpc) is 2.67. The van der Waals surface area contributed by atoms with Crippen molar-refractivity contribution >= 4 is 23.2 Å². The molecule has 5 nitrogen and oxygen atoms in total. The second-order valence-electron chi connectivity index (χ2n) is 5.75. The fourth-order valence-corrected chi connectivity index (χ4v) is 2.97. The van der Waals surface area contributed by atoms with E-state index in [1.807, 2.05) is 49.4 Å². The first-order chi connectivity index (χ1) is 12.6. The molecule has 2 aromatic rings. The third kappa shape index (κ3) is 4.98. The molecule has 0 aliphatic rings. The zero-order valence-corrected chi connectivity index (χ0v) is 15.7. The lowest BCUT2D eigenvalue weighted by atomic mass is 10.1. The number of carbonyl (C=O) groups excluding carboxylic acids is 1. The summed E-state index contributed by atoms with van der Waals surface area (Å²) < 4.78 is 5.35. The van der Waals surface area contributed by atoms with Crippen LogP contribution in [0.25, 0.3) is 0 Å². The molecular formula is C20H22ClN3O2. The van der Waals surface area contributed by atoms with Crippen molar-refractivity contribution in [2.75, 3.05) is 25.1 Å². The summed E-state index contributed by atoms with van der Waals surface area (Å²) in [6.45, 7) is 2.38. The van der Waals surface area contributed by atoms with E-state index in [1.54, 1.807) is 18.1 Å². The molecule has 0 bridgehead atoms. The molecule has 0 saturated carbocycles. The summed E-state index contributed by atoms with van der Waals surface area (Å²) >= 11 is 6.21. The first-order valence-electron chi connectivity index (χ1n) is 8.36. The summed E-state index contributed by atoms with van der Waals surface area (Å²) in [4.78, 5) is 14.4. The van der Waals surface area contributed by atoms with Crippen molar-refractivity contribution in [2.24, 2.45) is 0 Å². The van der Waals surface area contributed by atoms with Gasteiger partial charge in [0.2, 0.25) is 5.91 Å². The van der Waals surface area contributed by atoms with Crippen molar-refractivity contribution in [3.8, 4) is 11.8 Å². The first kappa shape index (κ1) is 19.8. The van der Waals surface area contributed by atoms with Crippen LogP contribution in [0.5, 0.6) is 5.75 Å². The lowest BCUT2D eigenvalue weighted by Crippen LogP contribution is -2.39. The number of rotatable bonds is 8. The van der Waals surface area contributed by atoms with E-state index in [-0.39, 0.29) is 24.9 Å². The number of benzene rings is 2.